The first-order chi connectivity index (χ1) is 11.6. The number of aromatic nitrogens is 3. The van der Waals surface area contributed by atoms with Crippen LogP contribution in [0.5, 0.6) is 0 Å². The maximum Gasteiger partial charge on any atom is 0.226 e. The van der Waals surface area contributed by atoms with Crippen LogP contribution in [-0.2, 0) is 11.2 Å². The predicted octanol–water partition coefficient (Wildman–Crippen LogP) is 2.38. The van der Waals surface area contributed by atoms with Crippen molar-refractivity contribution in [1.29, 1.82) is 0 Å². The Balaban J connectivity index is 1.54. The number of anilines is 1. The molecule has 0 bridgehead atoms. The molecule has 1 amide bonds. The number of nitrogens with zero attached hydrogens (tertiary/aromatic N) is 4. The Morgan fingerprint density at radius 2 is 2.21 bits per heavy atom. The van der Waals surface area contributed by atoms with E-state index in [-0.39, 0.29) is 11.9 Å². The van der Waals surface area contributed by atoms with E-state index in [4.69, 9.17) is 0 Å². The average Bonchev–Trinajstić information content (AvgIpc) is 3.04. The van der Waals surface area contributed by atoms with Crippen LogP contribution in [0.25, 0.3) is 0 Å². The molecule has 0 unspecified atom stereocenters. The number of amides is 1. The highest BCUT2D eigenvalue weighted by atomic mass is 32.1. The number of piperidine rings is 1. The van der Waals surface area contributed by atoms with Crippen molar-refractivity contribution in [1.82, 2.24) is 20.3 Å². The van der Waals surface area contributed by atoms with Crippen molar-refractivity contribution < 1.29 is 4.79 Å². The Morgan fingerprint density at radius 1 is 1.42 bits per heavy atom. The standard InChI is InChI=1S/C17H23N5OS/c1-12(2)16-21-14(11-24-16)9-15(23)20-13-5-3-8-22(10-13)17-18-6-4-7-19-17/h4,6-7,11-13H,3,5,8-10H2,1-2H3,(H,20,23)/t13-/m1/s1. The minimum absolute atomic E-state index is 0.0384. The van der Waals surface area contributed by atoms with Crippen LogP contribution >= 0.6 is 11.3 Å². The lowest BCUT2D eigenvalue weighted by molar-refractivity contribution is -0.121. The number of carbonyl (C=O) groups is 1. The number of carbonyl (C=O) groups excluding carboxylic acids is 1. The maximum atomic E-state index is 12.3. The van der Waals surface area contributed by atoms with Gasteiger partial charge in [0, 0.05) is 42.8 Å². The van der Waals surface area contributed by atoms with Gasteiger partial charge in [0.05, 0.1) is 17.1 Å². The molecule has 1 aliphatic rings. The van der Waals surface area contributed by atoms with Gasteiger partial charge in [-0.25, -0.2) is 15.0 Å². The van der Waals surface area contributed by atoms with Gasteiger partial charge < -0.3 is 10.2 Å². The van der Waals surface area contributed by atoms with Crippen LogP contribution in [0, 0.1) is 0 Å². The first kappa shape index (κ1) is 16.8. The third-order valence-corrected chi connectivity index (χ3v) is 5.22. The lowest BCUT2D eigenvalue weighted by Gasteiger charge is -2.33. The number of thiazole rings is 1. The van der Waals surface area contributed by atoms with E-state index in [1.54, 1.807) is 23.7 Å². The fourth-order valence-corrected chi connectivity index (χ4v) is 3.68. The molecule has 3 rings (SSSR count). The van der Waals surface area contributed by atoms with E-state index < -0.39 is 0 Å². The highest BCUT2D eigenvalue weighted by molar-refractivity contribution is 7.09. The van der Waals surface area contributed by atoms with E-state index in [1.165, 1.54) is 0 Å². The van der Waals surface area contributed by atoms with Crippen molar-refractivity contribution in [3.8, 4) is 0 Å². The SMILES string of the molecule is CC(C)c1nc(CC(=O)N[C@@H]2CCCN(c3ncccn3)C2)cs1. The summed E-state index contributed by atoms with van der Waals surface area (Å²) in [4.78, 5) is 27.6. The lowest BCUT2D eigenvalue weighted by atomic mass is 10.1. The summed E-state index contributed by atoms with van der Waals surface area (Å²) in [5, 5.41) is 6.21. The summed E-state index contributed by atoms with van der Waals surface area (Å²) < 4.78 is 0. The highest BCUT2D eigenvalue weighted by Gasteiger charge is 2.23. The van der Waals surface area contributed by atoms with E-state index in [0.29, 0.717) is 12.3 Å². The molecule has 0 spiro atoms. The molecule has 1 saturated heterocycles. The molecule has 1 aliphatic heterocycles. The Bertz CT molecular complexity index is 673. The summed E-state index contributed by atoms with van der Waals surface area (Å²) >= 11 is 1.63. The third kappa shape index (κ3) is 4.29. The smallest absolute Gasteiger partial charge is 0.226 e. The lowest BCUT2D eigenvalue weighted by Crippen LogP contribution is -2.48. The van der Waals surface area contributed by atoms with Gasteiger partial charge in [0.25, 0.3) is 0 Å². The molecule has 0 radical (unpaired) electrons. The molecule has 2 aromatic heterocycles. The molecule has 7 heteroatoms. The summed E-state index contributed by atoms with van der Waals surface area (Å²) in [5.74, 6) is 1.18. The van der Waals surface area contributed by atoms with Gasteiger partial charge in [0.15, 0.2) is 0 Å². The zero-order valence-corrected chi connectivity index (χ0v) is 14.9. The Hall–Kier alpha value is -2.02. The zero-order valence-electron chi connectivity index (χ0n) is 14.1. The third-order valence-electron chi connectivity index (χ3n) is 4.03. The summed E-state index contributed by atoms with van der Waals surface area (Å²) in [5.41, 5.74) is 0.861. The fraction of sp³-hybridized carbons (Fsp3) is 0.529. The van der Waals surface area contributed by atoms with Crippen LogP contribution in [0.1, 0.15) is 43.3 Å². The summed E-state index contributed by atoms with van der Waals surface area (Å²) in [6.07, 6.45) is 5.86. The summed E-state index contributed by atoms with van der Waals surface area (Å²) in [6, 6.07) is 1.95. The largest absolute Gasteiger partial charge is 0.351 e. The van der Waals surface area contributed by atoms with E-state index in [9.17, 15) is 4.79 Å². The van der Waals surface area contributed by atoms with Gasteiger partial charge in [-0.05, 0) is 18.9 Å². The van der Waals surface area contributed by atoms with Gasteiger partial charge in [-0.1, -0.05) is 13.8 Å². The van der Waals surface area contributed by atoms with E-state index in [1.807, 2.05) is 11.4 Å². The minimum Gasteiger partial charge on any atom is -0.351 e. The minimum atomic E-state index is 0.0384. The quantitative estimate of drug-likeness (QED) is 0.901. The number of hydrogen-bond acceptors (Lipinski definition) is 6. The molecule has 24 heavy (non-hydrogen) atoms. The number of hydrogen-bond donors (Lipinski definition) is 1. The number of rotatable bonds is 5. The summed E-state index contributed by atoms with van der Waals surface area (Å²) in [7, 11) is 0. The van der Waals surface area contributed by atoms with Gasteiger partial charge in [-0.15, -0.1) is 11.3 Å². The first-order valence-corrected chi connectivity index (χ1v) is 9.25. The Morgan fingerprint density at radius 3 is 2.92 bits per heavy atom. The van der Waals surface area contributed by atoms with Crippen molar-refractivity contribution in [3.05, 3.63) is 34.5 Å². The van der Waals surface area contributed by atoms with Crippen molar-refractivity contribution >= 4 is 23.2 Å². The fourth-order valence-electron chi connectivity index (χ4n) is 2.84. The van der Waals surface area contributed by atoms with E-state index in [2.05, 4.69) is 39.0 Å². The summed E-state index contributed by atoms with van der Waals surface area (Å²) in [6.45, 7) is 5.92. The zero-order chi connectivity index (χ0) is 16.9. The van der Waals surface area contributed by atoms with E-state index in [0.717, 1.165) is 42.6 Å². The molecule has 2 aromatic rings. The molecule has 128 valence electrons. The molecule has 3 heterocycles. The molecular formula is C17H23N5OS. The monoisotopic (exact) mass is 345 g/mol. The topological polar surface area (TPSA) is 71.0 Å². The van der Waals surface area contributed by atoms with Gasteiger partial charge in [-0.3, -0.25) is 4.79 Å². The first-order valence-electron chi connectivity index (χ1n) is 8.37. The van der Waals surface area contributed by atoms with Gasteiger partial charge in [-0.2, -0.15) is 0 Å². The van der Waals surface area contributed by atoms with Gasteiger partial charge in [0.2, 0.25) is 11.9 Å². The Labute approximate surface area is 146 Å². The average molecular weight is 345 g/mol. The molecule has 0 saturated carbocycles. The van der Waals surface area contributed by atoms with Gasteiger partial charge >= 0.3 is 0 Å². The van der Waals surface area contributed by atoms with Crippen LogP contribution in [0.2, 0.25) is 0 Å². The highest BCUT2D eigenvalue weighted by Crippen LogP contribution is 2.20. The van der Waals surface area contributed by atoms with E-state index >= 15 is 0 Å². The molecule has 1 N–H and O–H groups in total. The van der Waals surface area contributed by atoms with Crippen molar-refractivity contribution in [2.75, 3.05) is 18.0 Å². The van der Waals surface area contributed by atoms with Crippen molar-refractivity contribution in [2.24, 2.45) is 0 Å². The van der Waals surface area contributed by atoms with Crippen LogP contribution in [0.4, 0.5) is 5.95 Å². The van der Waals surface area contributed by atoms with Crippen LogP contribution in [-0.4, -0.2) is 40.0 Å². The van der Waals surface area contributed by atoms with Crippen molar-refractivity contribution in [3.63, 3.8) is 0 Å². The molecule has 6 nitrogen and oxygen atoms in total. The van der Waals surface area contributed by atoms with Crippen molar-refractivity contribution in [2.45, 2.75) is 45.1 Å². The normalized spacial score (nSPS) is 18.0. The predicted molar refractivity (Wildman–Crippen MR) is 95.3 cm³/mol. The number of nitrogens with one attached hydrogen (secondary N) is 1. The molecule has 0 aliphatic carbocycles. The second kappa shape index (κ2) is 7.70. The molecule has 1 atom stereocenters. The molecule has 0 aromatic carbocycles. The van der Waals surface area contributed by atoms with Crippen LogP contribution in [0.15, 0.2) is 23.8 Å². The molecular weight excluding hydrogens is 322 g/mol. The van der Waals surface area contributed by atoms with Crippen LogP contribution < -0.4 is 10.2 Å². The Kier molecular flexibility index (Phi) is 5.40. The second-order valence-corrected chi connectivity index (χ2v) is 7.30. The van der Waals surface area contributed by atoms with Gasteiger partial charge in [0.1, 0.15) is 0 Å². The van der Waals surface area contributed by atoms with Crippen LogP contribution in [0.3, 0.4) is 0 Å². The molecule has 1 fully saturated rings. The maximum absolute atomic E-state index is 12.3. The second-order valence-electron chi connectivity index (χ2n) is 6.41.